The summed E-state index contributed by atoms with van der Waals surface area (Å²) in [7, 11) is 1.77. The summed E-state index contributed by atoms with van der Waals surface area (Å²) in [6.07, 6.45) is 6.62. The molecule has 90 heavy (non-hydrogen) atoms. The van der Waals surface area contributed by atoms with Gasteiger partial charge in [-0.25, -0.2) is 4.68 Å². The van der Waals surface area contributed by atoms with Crippen molar-refractivity contribution in [1.82, 2.24) is 65.1 Å². The van der Waals surface area contributed by atoms with Crippen molar-refractivity contribution in [2.45, 2.75) is 38.5 Å². The van der Waals surface area contributed by atoms with E-state index in [1.54, 1.807) is 41.9 Å². The summed E-state index contributed by atoms with van der Waals surface area (Å²) < 4.78 is 6.85. The SMILES string of the molecule is CC1(C)c2ccccc2-c2c[c-]c(-c3cocn3)cc21.Cn1nnc(-c2[c-]cc3c(c2)C(C)(C)c2ccccc2-3)n1.[Ir].[Ir].[Ir].[Pt].[c-]1ccc(-c2ccccc2)cc1-c1ncn(-c2ccccc2)n1.[c-]1ccc(-c2ccccn2)cc1-c1nnn(-c2cccs2)n1. The summed E-state index contributed by atoms with van der Waals surface area (Å²) in [5.74, 6) is 1.84. The number of aryl methyl sites for hydroxylation is 1. The van der Waals surface area contributed by atoms with Gasteiger partial charge >= 0.3 is 0 Å². The maximum Gasteiger partial charge on any atom is 0.170 e. The van der Waals surface area contributed by atoms with E-state index in [1.807, 2.05) is 115 Å². The number of hydrogen-bond donors (Lipinski definition) is 0. The van der Waals surface area contributed by atoms with Gasteiger partial charge in [0.1, 0.15) is 23.0 Å². The maximum absolute atomic E-state index is 5.07. The second kappa shape index (κ2) is 29.1. The number of hydrogen-bond acceptors (Lipinski definition) is 12. The van der Waals surface area contributed by atoms with E-state index >= 15 is 0 Å². The maximum atomic E-state index is 5.07. The molecule has 6 heterocycles. The van der Waals surface area contributed by atoms with Crippen molar-refractivity contribution in [3.8, 4) is 101 Å². The molecule has 6 aromatic heterocycles. The first-order valence-corrected chi connectivity index (χ1v) is 28.7. The van der Waals surface area contributed by atoms with Crippen LogP contribution in [0.5, 0.6) is 0 Å². The van der Waals surface area contributed by atoms with Crippen LogP contribution >= 0.6 is 11.3 Å². The molecule has 16 rings (SSSR count). The molecule has 8 aromatic carbocycles. The zero-order valence-corrected chi connectivity index (χ0v) is 59.2. The van der Waals surface area contributed by atoms with Crippen molar-refractivity contribution in [3.63, 3.8) is 0 Å². The van der Waals surface area contributed by atoms with Crippen LogP contribution in [-0.4, -0.2) is 65.1 Å². The Hall–Kier alpha value is -8.26. The number of fused-ring (bicyclic) bond motifs is 6. The van der Waals surface area contributed by atoms with Crippen LogP contribution in [0, 0.1) is 24.3 Å². The number of benzene rings is 8. The molecule has 0 saturated carbocycles. The molecular formula is C71H53Ir3N13OPtS-4. The Morgan fingerprint density at radius 2 is 1.04 bits per heavy atom. The van der Waals surface area contributed by atoms with Crippen LogP contribution in [0.15, 0.2) is 235 Å². The van der Waals surface area contributed by atoms with E-state index < -0.39 is 0 Å². The van der Waals surface area contributed by atoms with E-state index in [0.717, 1.165) is 55.5 Å². The largest absolute Gasteiger partial charge is 0.462 e. The van der Waals surface area contributed by atoms with Gasteiger partial charge in [0.15, 0.2) is 6.39 Å². The average Bonchev–Trinajstić information content (AvgIpc) is 1.62. The van der Waals surface area contributed by atoms with Gasteiger partial charge in [-0.1, -0.05) is 169 Å². The van der Waals surface area contributed by atoms with Crippen LogP contribution in [0.2, 0.25) is 0 Å². The minimum Gasteiger partial charge on any atom is -0.462 e. The molecule has 0 amide bonds. The van der Waals surface area contributed by atoms with E-state index in [0.29, 0.717) is 17.5 Å². The van der Waals surface area contributed by atoms with Crippen molar-refractivity contribution < 1.29 is 85.8 Å². The van der Waals surface area contributed by atoms with Crippen molar-refractivity contribution in [2.24, 2.45) is 7.05 Å². The number of oxazole rings is 1. The van der Waals surface area contributed by atoms with Gasteiger partial charge in [-0.15, -0.1) is 140 Å². The molecule has 14 aromatic rings. The zero-order valence-electron chi connectivity index (χ0n) is 48.9. The first kappa shape index (κ1) is 66.2. The van der Waals surface area contributed by atoms with Crippen molar-refractivity contribution >= 4 is 11.3 Å². The van der Waals surface area contributed by atoms with Crippen LogP contribution < -0.4 is 0 Å². The smallest absolute Gasteiger partial charge is 0.170 e. The zero-order chi connectivity index (χ0) is 58.6. The van der Waals surface area contributed by atoms with E-state index in [-0.39, 0.29) is 92.2 Å². The van der Waals surface area contributed by atoms with Crippen molar-refractivity contribution in [2.75, 3.05) is 0 Å². The molecule has 0 bridgehead atoms. The Balaban J connectivity index is 0.000000140. The monoisotopic (exact) mass is 1910 g/mol. The molecule has 2 aliphatic rings. The Morgan fingerprint density at radius 1 is 0.467 bits per heavy atom. The fourth-order valence-electron chi connectivity index (χ4n) is 10.9. The van der Waals surface area contributed by atoms with E-state index in [2.05, 4.69) is 194 Å². The molecule has 19 heteroatoms. The second-order valence-corrected chi connectivity index (χ2v) is 22.4. The third-order valence-corrected chi connectivity index (χ3v) is 16.1. The molecule has 0 fully saturated rings. The first-order valence-electron chi connectivity index (χ1n) is 27.8. The van der Waals surface area contributed by atoms with Gasteiger partial charge < -0.3 is 4.42 Å². The van der Waals surface area contributed by atoms with Gasteiger partial charge in [0, 0.05) is 93.3 Å². The van der Waals surface area contributed by atoms with Gasteiger partial charge in [-0.2, -0.15) is 30.3 Å². The van der Waals surface area contributed by atoms with E-state index in [1.165, 1.54) is 66.1 Å². The minimum absolute atomic E-state index is 0. The van der Waals surface area contributed by atoms with Gasteiger partial charge in [0.2, 0.25) is 0 Å². The summed E-state index contributed by atoms with van der Waals surface area (Å²) in [5.41, 5.74) is 20.1. The quantitative estimate of drug-likeness (QED) is 0.133. The molecular weight excluding hydrogens is 1850 g/mol. The van der Waals surface area contributed by atoms with Crippen LogP contribution in [0.3, 0.4) is 0 Å². The number of para-hydroxylation sites is 1. The molecule has 0 spiro atoms. The van der Waals surface area contributed by atoms with Crippen LogP contribution in [0.1, 0.15) is 49.9 Å². The summed E-state index contributed by atoms with van der Waals surface area (Å²) in [4.78, 5) is 16.0. The van der Waals surface area contributed by atoms with Crippen LogP contribution in [-0.2, 0) is 99.3 Å². The Morgan fingerprint density at radius 3 is 1.67 bits per heavy atom. The predicted molar refractivity (Wildman–Crippen MR) is 335 cm³/mol. The van der Waals surface area contributed by atoms with Gasteiger partial charge in [-0.05, 0) is 69.3 Å². The normalized spacial score (nSPS) is 12.1. The standard InChI is InChI=1S/C20H14N3.C18H14NO.C17H15N4.C16H10N5S.3Ir.Pt/c1-3-8-16(9-4-1)17-10-7-11-18(14-17)20-21-15-23(22-20)19-12-5-2-6-13-19;1-18(2)15-6-4-3-5-13(15)14-8-7-12(9-16(14)18)17-10-20-11-19-17;1-17(2)14-7-5-4-6-12(14)13-9-8-11(10-15(13)17)16-18-20-21(3)19-16;1-2-9-17-14(7-1)12-5-3-6-13(11-12)16-18-20-21(19-16)15-8-4-10-22-15;;;;/h1-10,12-15H;3-6,8-11H,1-2H3;4-7,9-10H,1-3H3;1-5,7-11H;;;;/q4*-1;;;;. The van der Waals surface area contributed by atoms with Gasteiger partial charge in [-0.3, -0.25) is 15.0 Å². The summed E-state index contributed by atoms with van der Waals surface area (Å²) in [6.45, 7) is 9.05. The summed E-state index contributed by atoms with van der Waals surface area (Å²) in [6, 6.07) is 80.4. The predicted octanol–water partition coefficient (Wildman–Crippen LogP) is 15.1. The molecule has 3 radical (unpaired) electrons. The minimum atomic E-state index is -0.0159. The van der Waals surface area contributed by atoms with Crippen molar-refractivity contribution in [1.29, 1.82) is 0 Å². The van der Waals surface area contributed by atoms with Gasteiger partial charge in [0.25, 0.3) is 0 Å². The molecule has 0 unspecified atom stereocenters. The second-order valence-electron chi connectivity index (χ2n) is 21.4. The number of thiophene rings is 1. The average molecular weight is 1910 g/mol. The van der Waals surface area contributed by atoms with Crippen molar-refractivity contribution in [3.05, 3.63) is 277 Å². The van der Waals surface area contributed by atoms with Gasteiger partial charge in [0.05, 0.1) is 30.5 Å². The number of nitrogens with zero attached hydrogens (tertiary/aromatic N) is 13. The Bertz CT molecular complexity index is 4640. The fraction of sp³-hybridized carbons (Fsp3) is 0.0986. The molecule has 0 N–H and O–H groups in total. The third-order valence-electron chi connectivity index (χ3n) is 15.3. The third kappa shape index (κ3) is 13.9. The summed E-state index contributed by atoms with van der Waals surface area (Å²) in [5, 5.41) is 32.3. The Kier molecular flexibility index (Phi) is 21.4. The number of aromatic nitrogens is 13. The molecule has 2 aliphatic carbocycles. The topological polar surface area (TPSA) is 157 Å². The Labute approximate surface area is 580 Å². The number of pyridine rings is 1. The molecule has 455 valence electrons. The molecule has 0 aliphatic heterocycles. The number of tetrazole rings is 2. The van der Waals surface area contributed by atoms with E-state index in [4.69, 9.17) is 4.42 Å². The summed E-state index contributed by atoms with van der Waals surface area (Å²) >= 11 is 1.56. The fourth-order valence-corrected chi connectivity index (χ4v) is 11.5. The first-order chi connectivity index (χ1) is 42.0. The molecule has 14 nitrogen and oxygen atoms in total. The van der Waals surface area contributed by atoms with Crippen LogP contribution in [0.25, 0.3) is 101 Å². The molecule has 0 saturated heterocycles. The van der Waals surface area contributed by atoms with Crippen LogP contribution in [0.4, 0.5) is 0 Å². The van der Waals surface area contributed by atoms with E-state index in [9.17, 15) is 0 Å². The molecule has 0 atom stereocenters. The number of rotatable bonds is 8.